The second kappa shape index (κ2) is 7.61. The molecule has 0 aromatic rings. The molecular formula is C16H35N3. The summed E-state index contributed by atoms with van der Waals surface area (Å²) in [5, 5.41) is 3.80. The molecule has 0 amide bonds. The number of hydrogen-bond acceptors (Lipinski definition) is 3. The standard InChI is InChI=1S/C16H35N3/c1-7-11-17-15-14(9-10-16(15,2)3)19(6)13-8-12-18(4)5/h14-15,17H,7-13H2,1-6H3. The van der Waals surface area contributed by atoms with Crippen molar-refractivity contribution < 1.29 is 0 Å². The molecule has 114 valence electrons. The second-order valence-electron chi connectivity index (χ2n) is 7.16. The third-order valence-corrected chi connectivity index (χ3v) is 4.61. The van der Waals surface area contributed by atoms with Crippen molar-refractivity contribution in [3.63, 3.8) is 0 Å². The van der Waals surface area contributed by atoms with Crippen LogP contribution in [0.25, 0.3) is 0 Å². The zero-order chi connectivity index (χ0) is 14.5. The molecule has 0 radical (unpaired) electrons. The van der Waals surface area contributed by atoms with Gasteiger partial charge in [0.05, 0.1) is 0 Å². The topological polar surface area (TPSA) is 18.5 Å². The minimum Gasteiger partial charge on any atom is -0.312 e. The molecule has 0 aromatic heterocycles. The van der Waals surface area contributed by atoms with Crippen LogP contribution in [0.2, 0.25) is 0 Å². The molecule has 1 N–H and O–H groups in total. The summed E-state index contributed by atoms with van der Waals surface area (Å²) in [6.07, 6.45) is 5.18. The summed E-state index contributed by atoms with van der Waals surface area (Å²) in [4.78, 5) is 4.87. The van der Waals surface area contributed by atoms with Gasteiger partial charge in [0.1, 0.15) is 0 Å². The molecule has 0 aliphatic heterocycles. The van der Waals surface area contributed by atoms with E-state index in [-0.39, 0.29) is 0 Å². The van der Waals surface area contributed by atoms with Crippen LogP contribution in [-0.2, 0) is 0 Å². The Hall–Kier alpha value is -0.120. The lowest BCUT2D eigenvalue weighted by Gasteiger charge is -2.36. The van der Waals surface area contributed by atoms with E-state index in [1.54, 1.807) is 0 Å². The van der Waals surface area contributed by atoms with Crippen molar-refractivity contribution in [3.05, 3.63) is 0 Å². The van der Waals surface area contributed by atoms with Gasteiger partial charge < -0.3 is 15.1 Å². The molecule has 2 unspecified atom stereocenters. The highest BCUT2D eigenvalue weighted by atomic mass is 15.2. The minimum atomic E-state index is 0.440. The maximum atomic E-state index is 3.80. The van der Waals surface area contributed by atoms with Crippen molar-refractivity contribution in [1.29, 1.82) is 0 Å². The van der Waals surface area contributed by atoms with Crippen molar-refractivity contribution in [3.8, 4) is 0 Å². The van der Waals surface area contributed by atoms with E-state index in [4.69, 9.17) is 0 Å². The molecule has 0 spiro atoms. The van der Waals surface area contributed by atoms with Gasteiger partial charge in [0.2, 0.25) is 0 Å². The van der Waals surface area contributed by atoms with Crippen LogP contribution in [0.5, 0.6) is 0 Å². The summed E-state index contributed by atoms with van der Waals surface area (Å²) in [7, 11) is 6.62. The molecule has 1 saturated carbocycles. The number of likely N-dealkylation sites (N-methyl/N-ethyl adjacent to an activating group) is 1. The van der Waals surface area contributed by atoms with E-state index < -0.39 is 0 Å². The summed E-state index contributed by atoms with van der Waals surface area (Å²) in [5.74, 6) is 0. The minimum absolute atomic E-state index is 0.440. The summed E-state index contributed by atoms with van der Waals surface area (Å²) in [5.41, 5.74) is 0.440. The predicted octanol–water partition coefficient (Wildman–Crippen LogP) is 2.43. The van der Waals surface area contributed by atoms with Crippen molar-refractivity contribution >= 4 is 0 Å². The van der Waals surface area contributed by atoms with Crippen LogP contribution < -0.4 is 5.32 Å². The molecule has 0 saturated heterocycles. The Balaban J connectivity index is 2.49. The second-order valence-corrected chi connectivity index (χ2v) is 7.16. The third-order valence-electron chi connectivity index (χ3n) is 4.61. The summed E-state index contributed by atoms with van der Waals surface area (Å²) < 4.78 is 0. The molecule has 0 aromatic carbocycles. The predicted molar refractivity (Wildman–Crippen MR) is 84.7 cm³/mol. The van der Waals surface area contributed by atoms with Gasteiger partial charge in [0.15, 0.2) is 0 Å². The van der Waals surface area contributed by atoms with E-state index in [0.717, 1.165) is 6.54 Å². The zero-order valence-corrected chi connectivity index (χ0v) is 14.0. The van der Waals surface area contributed by atoms with Crippen LogP contribution in [0.3, 0.4) is 0 Å². The van der Waals surface area contributed by atoms with Crippen LogP contribution in [0, 0.1) is 5.41 Å². The molecule has 1 aliphatic carbocycles. The molecule has 1 aliphatic rings. The number of nitrogens with one attached hydrogen (secondary N) is 1. The highest BCUT2D eigenvalue weighted by molar-refractivity contribution is 5.00. The highest BCUT2D eigenvalue weighted by Crippen LogP contribution is 2.39. The molecule has 3 nitrogen and oxygen atoms in total. The molecule has 19 heavy (non-hydrogen) atoms. The summed E-state index contributed by atoms with van der Waals surface area (Å²) in [6.45, 7) is 10.7. The quantitative estimate of drug-likeness (QED) is 0.730. The highest BCUT2D eigenvalue weighted by Gasteiger charge is 2.42. The van der Waals surface area contributed by atoms with Gasteiger partial charge >= 0.3 is 0 Å². The SMILES string of the molecule is CCCNC1C(N(C)CCCN(C)C)CCC1(C)C. The lowest BCUT2D eigenvalue weighted by molar-refractivity contribution is 0.166. The monoisotopic (exact) mass is 269 g/mol. The maximum Gasteiger partial charge on any atom is 0.0274 e. The van der Waals surface area contributed by atoms with Crippen LogP contribution in [0.1, 0.15) is 46.5 Å². The van der Waals surface area contributed by atoms with Crippen molar-refractivity contribution in [1.82, 2.24) is 15.1 Å². The van der Waals surface area contributed by atoms with Gasteiger partial charge in [-0.2, -0.15) is 0 Å². The van der Waals surface area contributed by atoms with Gasteiger partial charge in [-0.1, -0.05) is 20.8 Å². The summed E-state index contributed by atoms with van der Waals surface area (Å²) in [6, 6.07) is 1.36. The first-order valence-corrected chi connectivity index (χ1v) is 7.97. The van der Waals surface area contributed by atoms with Crippen LogP contribution in [0.4, 0.5) is 0 Å². The Morgan fingerprint density at radius 2 is 1.84 bits per heavy atom. The summed E-state index contributed by atoms with van der Waals surface area (Å²) >= 11 is 0. The zero-order valence-electron chi connectivity index (χ0n) is 14.0. The molecule has 3 heteroatoms. The number of nitrogens with zero attached hydrogens (tertiary/aromatic N) is 2. The molecule has 0 bridgehead atoms. The molecule has 0 heterocycles. The largest absolute Gasteiger partial charge is 0.312 e. The van der Waals surface area contributed by atoms with E-state index in [0.29, 0.717) is 17.5 Å². The molecule has 1 rings (SSSR count). The van der Waals surface area contributed by atoms with E-state index in [2.05, 4.69) is 57.0 Å². The van der Waals surface area contributed by atoms with E-state index in [1.165, 1.54) is 38.8 Å². The third kappa shape index (κ3) is 5.05. The Kier molecular flexibility index (Phi) is 6.78. The lowest BCUT2D eigenvalue weighted by Crippen LogP contribution is -2.51. The van der Waals surface area contributed by atoms with Crippen molar-refractivity contribution in [2.24, 2.45) is 5.41 Å². The maximum absolute atomic E-state index is 3.80. The number of rotatable bonds is 8. The Morgan fingerprint density at radius 3 is 2.42 bits per heavy atom. The van der Waals surface area contributed by atoms with Crippen molar-refractivity contribution in [2.45, 2.75) is 58.5 Å². The van der Waals surface area contributed by atoms with Crippen molar-refractivity contribution in [2.75, 3.05) is 40.8 Å². The van der Waals surface area contributed by atoms with E-state index in [9.17, 15) is 0 Å². The average molecular weight is 269 g/mol. The Bertz CT molecular complexity index is 250. The molecule has 1 fully saturated rings. The molecule has 2 atom stereocenters. The van der Waals surface area contributed by atoms with Gasteiger partial charge in [-0.25, -0.2) is 0 Å². The normalized spacial score (nSPS) is 26.5. The van der Waals surface area contributed by atoms with Gasteiger partial charge in [-0.3, -0.25) is 0 Å². The lowest BCUT2D eigenvalue weighted by atomic mass is 9.86. The Labute approximate surface area is 120 Å². The first-order chi connectivity index (χ1) is 8.88. The Morgan fingerprint density at radius 1 is 1.16 bits per heavy atom. The van der Waals surface area contributed by atoms with E-state index >= 15 is 0 Å². The van der Waals surface area contributed by atoms with Crippen LogP contribution in [-0.4, -0.2) is 62.7 Å². The fraction of sp³-hybridized carbons (Fsp3) is 1.00. The smallest absolute Gasteiger partial charge is 0.0274 e. The number of hydrogen-bond donors (Lipinski definition) is 1. The van der Waals surface area contributed by atoms with Crippen LogP contribution >= 0.6 is 0 Å². The first kappa shape index (κ1) is 16.9. The van der Waals surface area contributed by atoms with Gasteiger partial charge in [0.25, 0.3) is 0 Å². The fourth-order valence-corrected chi connectivity index (χ4v) is 3.35. The fourth-order valence-electron chi connectivity index (χ4n) is 3.35. The average Bonchev–Trinajstić information content (AvgIpc) is 2.61. The van der Waals surface area contributed by atoms with E-state index in [1.807, 2.05) is 0 Å². The van der Waals surface area contributed by atoms with Gasteiger partial charge in [-0.05, 0) is 71.9 Å². The van der Waals surface area contributed by atoms with Gasteiger partial charge in [-0.15, -0.1) is 0 Å². The first-order valence-electron chi connectivity index (χ1n) is 7.97. The van der Waals surface area contributed by atoms with Gasteiger partial charge in [0, 0.05) is 12.1 Å². The molecular weight excluding hydrogens is 234 g/mol. The van der Waals surface area contributed by atoms with Crippen LogP contribution in [0.15, 0.2) is 0 Å².